The SMILES string of the molecule is O=C1C2=C(O[C@H]3c4ccccc4C[C@H]3C2)C(=O)C2=C1O[C@@H]1c3ccccc3C[C@@H]1C2. The van der Waals surface area contributed by atoms with E-state index in [1.807, 2.05) is 24.3 Å². The highest BCUT2D eigenvalue weighted by atomic mass is 16.5. The summed E-state index contributed by atoms with van der Waals surface area (Å²) >= 11 is 0. The summed E-state index contributed by atoms with van der Waals surface area (Å²) in [4.78, 5) is 26.9. The molecule has 0 spiro atoms. The Labute approximate surface area is 174 Å². The Balaban J connectivity index is 1.25. The van der Waals surface area contributed by atoms with Crippen LogP contribution in [0.2, 0.25) is 0 Å². The van der Waals surface area contributed by atoms with Crippen molar-refractivity contribution in [1.29, 1.82) is 0 Å². The molecule has 2 heterocycles. The van der Waals surface area contributed by atoms with Gasteiger partial charge in [-0.15, -0.1) is 0 Å². The number of hydrogen-bond donors (Lipinski definition) is 0. The van der Waals surface area contributed by atoms with E-state index in [0.717, 1.165) is 24.0 Å². The highest BCUT2D eigenvalue weighted by molar-refractivity contribution is 6.24. The van der Waals surface area contributed by atoms with Crippen LogP contribution in [0.25, 0.3) is 0 Å². The van der Waals surface area contributed by atoms with E-state index in [0.29, 0.717) is 24.0 Å². The number of ketones is 2. The highest BCUT2D eigenvalue weighted by Gasteiger charge is 2.50. The molecule has 4 heteroatoms. The smallest absolute Gasteiger partial charge is 0.227 e. The highest BCUT2D eigenvalue weighted by Crippen LogP contribution is 2.53. The van der Waals surface area contributed by atoms with Crippen LogP contribution >= 0.6 is 0 Å². The van der Waals surface area contributed by atoms with Gasteiger partial charge < -0.3 is 9.47 Å². The fraction of sp³-hybridized carbons (Fsp3) is 0.308. The molecule has 0 aromatic heterocycles. The third-order valence-electron chi connectivity index (χ3n) is 7.47. The number of Topliss-reactive ketones (excluding diaryl/α,β-unsaturated/α-hetero) is 2. The first kappa shape index (κ1) is 16.6. The molecule has 0 fully saturated rings. The minimum absolute atomic E-state index is 0.133. The number of rotatable bonds is 0. The third-order valence-corrected chi connectivity index (χ3v) is 7.47. The van der Waals surface area contributed by atoms with Crippen LogP contribution in [0.3, 0.4) is 0 Å². The molecule has 0 saturated heterocycles. The number of ether oxygens (including phenoxy) is 2. The van der Waals surface area contributed by atoms with Gasteiger partial charge in [-0.25, -0.2) is 0 Å². The fourth-order valence-electron chi connectivity index (χ4n) is 6.11. The molecule has 2 aromatic rings. The molecule has 30 heavy (non-hydrogen) atoms. The first-order chi connectivity index (χ1) is 14.7. The van der Waals surface area contributed by atoms with E-state index in [4.69, 9.17) is 9.47 Å². The second-order valence-electron chi connectivity index (χ2n) is 9.08. The zero-order valence-corrected chi connectivity index (χ0v) is 16.4. The summed E-state index contributed by atoms with van der Waals surface area (Å²) in [6.07, 6.45) is 2.64. The van der Waals surface area contributed by atoms with E-state index in [9.17, 15) is 9.59 Å². The largest absolute Gasteiger partial charge is 0.481 e. The minimum atomic E-state index is -0.142. The van der Waals surface area contributed by atoms with Crippen molar-refractivity contribution in [3.8, 4) is 0 Å². The van der Waals surface area contributed by atoms with Crippen LogP contribution in [-0.4, -0.2) is 11.6 Å². The molecule has 0 amide bonds. The first-order valence-corrected chi connectivity index (χ1v) is 10.7. The standard InChI is InChI=1S/C26H20O4/c27-21-19-11-15-9-13-5-1-3-7-17(13)23(15)29-25(19)22(28)20-12-16-10-14-6-2-4-8-18(14)24(16)30-26(20)21/h1-8,15-16,23-24H,9-12H2/t15-,16+,23+,24-. The number of hydrogen-bond acceptors (Lipinski definition) is 4. The van der Waals surface area contributed by atoms with Gasteiger partial charge in [0, 0.05) is 23.0 Å². The molecular weight excluding hydrogens is 376 g/mol. The van der Waals surface area contributed by atoms with Gasteiger partial charge in [0.2, 0.25) is 11.6 Å². The molecule has 2 aromatic carbocycles. The van der Waals surface area contributed by atoms with Crippen LogP contribution in [0.1, 0.15) is 47.3 Å². The minimum Gasteiger partial charge on any atom is -0.481 e. The van der Waals surface area contributed by atoms with E-state index >= 15 is 0 Å². The lowest BCUT2D eigenvalue weighted by atomic mass is 9.79. The molecule has 4 atom stereocenters. The van der Waals surface area contributed by atoms with Gasteiger partial charge in [-0.1, -0.05) is 48.5 Å². The van der Waals surface area contributed by atoms with Crippen molar-refractivity contribution in [2.24, 2.45) is 11.8 Å². The van der Waals surface area contributed by atoms with Crippen molar-refractivity contribution in [2.75, 3.05) is 0 Å². The fourth-order valence-corrected chi connectivity index (χ4v) is 6.11. The van der Waals surface area contributed by atoms with Crippen LogP contribution in [0.4, 0.5) is 0 Å². The van der Waals surface area contributed by atoms with Crippen molar-refractivity contribution >= 4 is 11.6 Å². The molecule has 5 aliphatic rings. The Morgan fingerprint density at radius 1 is 0.600 bits per heavy atom. The third kappa shape index (κ3) is 2.06. The normalized spacial score (nSPS) is 30.5. The molecule has 7 rings (SSSR count). The zero-order chi connectivity index (χ0) is 20.0. The van der Waals surface area contributed by atoms with Gasteiger partial charge >= 0.3 is 0 Å². The van der Waals surface area contributed by atoms with Gasteiger partial charge in [-0.2, -0.15) is 0 Å². The van der Waals surface area contributed by atoms with Crippen molar-refractivity contribution in [2.45, 2.75) is 37.9 Å². The average molecular weight is 396 g/mol. The van der Waals surface area contributed by atoms with Crippen molar-refractivity contribution in [3.63, 3.8) is 0 Å². The Morgan fingerprint density at radius 3 is 1.50 bits per heavy atom. The molecular formula is C26H20O4. The summed E-state index contributed by atoms with van der Waals surface area (Å²) in [5.41, 5.74) is 5.84. The topological polar surface area (TPSA) is 52.6 Å². The molecule has 0 bridgehead atoms. The maximum absolute atomic E-state index is 13.4. The molecule has 148 valence electrons. The van der Waals surface area contributed by atoms with Crippen LogP contribution in [0, 0.1) is 11.8 Å². The number of carbonyl (C=O) groups excluding carboxylic acids is 2. The van der Waals surface area contributed by atoms with Gasteiger partial charge in [-0.3, -0.25) is 9.59 Å². The van der Waals surface area contributed by atoms with Gasteiger partial charge in [0.1, 0.15) is 12.2 Å². The number of benzene rings is 2. The van der Waals surface area contributed by atoms with E-state index in [-0.39, 0.29) is 47.1 Å². The molecule has 0 saturated carbocycles. The molecule has 2 aliphatic heterocycles. The Hall–Kier alpha value is -3.14. The van der Waals surface area contributed by atoms with Gasteiger partial charge in [0.05, 0.1) is 0 Å². The Morgan fingerprint density at radius 2 is 1.03 bits per heavy atom. The molecule has 0 radical (unpaired) electrons. The maximum atomic E-state index is 13.4. The van der Waals surface area contributed by atoms with Crippen LogP contribution in [-0.2, 0) is 31.9 Å². The Bertz CT molecular complexity index is 1120. The van der Waals surface area contributed by atoms with E-state index in [1.165, 1.54) is 11.1 Å². The van der Waals surface area contributed by atoms with Crippen LogP contribution < -0.4 is 0 Å². The summed E-state index contributed by atoms with van der Waals surface area (Å²) in [5.74, 6) is 0.657. The lowest BCUT2D eigenvalue weighted by Gasteiger charge is -2.37. The quantitative estimate of drug-likeness (QED) is 0.623. The van der Waals surface area contributed by atoms with Crippen LogP contribution in [0.5, 0.6) is 0 Å². The van der Waals surface area contributed by atoms with E-state index in [1.54, 1.807) is 0 Å². The van der Waals surface area contributed by atoms with E-state index < -0.39 is 0 Å². The average Bonchev–Trinajstić information content (AvgIpc) is 3.32. The maximum Gasteiger partial charge on any atom is 0.227 e. The van der Waals surface area contributed by atoms with Crippen molar-refractivity contribution < 1.29 is 19.1 Å². The summed E-state index contributed by atoms with van der Waals surface area (Å²) in [6.45, 7) is 0. The van der Waals surface area contributed by atoms with Gasteiger partial charge in [0.15, 0.2) is 11.5 Å². The first-order valence-electron chi connectivity index (χ1n) is 10.7. The Kier molecular flexibility index (Phi) is 3.17. The van der Waals surface area contributed by atoms with Crippen molar-refractivity contribution in [1.82, 2.24) is 0 Å². The predicted octanol–water partition coefficient (Wildman–Crippen LogP) is 4.31. The molecule has 0 unspecified atom stereocenters. The molecule has 0 N–H and O–H groups in total. The lowest BCUT2D eigenvalue weighted by Crippen LogP contribution is -2.36. The second kappa shape index (κ2) is 5.72. The lowest BCUT2D eigenvalue weighted by molar-refractivity contribution is -0.127. The summed E-state index contributed by atoms with van der Waals surface area (Å²) in [7, 11) is 0. The summed E-state index contributed by atoms with van der Waals surface area (Å²) in [6, 6.07) is 16.5. The summed E-state index contributed by atoms with van der Waals surface area (Å²) in [5, 5.41) is 0. The number of carbonyl (C=O) groups is 2. The molecule has 4 nitrogen and oxygen atoms in total. The number of allylic oxidation sites excluding steroid dienone is 2. The second-order valence-corrected chi connectivity index (χ2v) is 9.08. The van der Waals surface area contributed by atoms with Crippen LogP contribution in [0.15, 0.2) is 71.2 Å². The van der Waals surface area contributed by atoms with Crippen molar-refractivity contribution in [3.05, 3.63) is 93.4 Å². The number of fused-ring (bicyclic) bond motifs is 6. The molecule has 3 aliphatic carbocycles. The van der Waals surface area contributed by atoms with Gasteiger partial charge in [-0.05, 0) is 47.9 Å². The van der Waals surface area contributed by atoms with E-state index in [2.05, 4.69) is 24.3 Å². The predicted molar refractivity (Wildman–Crippen MR) is 108 cm³/mol. The zero-order valence-electron chi connectivity index (χ0n) is 16.4. The summed E-state index contributed by atoms with van der Waals surface area (Å²) < 4.78 is 12.5. The monoisotopic (exact) mass is 396 g/mol. The van der Waals surface area contributed by atoms with Gasteiger partial charge in [0.25, 0.3) is 0 Å².